The minimum atomic E-state index is -0.560. The lowest BCUT2D eigenvalue weighted by Crippen LogP contribution is -2.58. The minimum Gasteiger partial charge on any atom is -0.496 e. The standard InChI is InChI=1S/C53H52O6S/c1-54-47-30-29-44(33-45(47)46(49-28-17-31-60-49)32-39-18-7-2-8-19-39)50-52(57-36-42-24-13-5-14-25-42)53(58-37-43-26-15-6-16-27-43)51(56-35-41-22-11-4-12-23-41)48(59-50)38-55-34-40-20-9-3-10-21-40/h2-31,33,46,48,50-53H,32,34-38H2,1H3/t46?,48-,50+,51-,52+,53+/m1/s1. The quantitative estimate of drug-likeness (QED) is 0.0810. The van der Waals surface area contributed by atoms with Crippen LogP contribution in [0.15, 0.2) is 187 Å². The molecule has 1 saturated heterocycles. The average molecular weight is 817 g/mol. The van der Waals surface area contributed by atoms with E-state index in [4.69, 9.17) is 28.4 Å². The summed E-state index contributed by atoms with van der Waals surface area (Å²) >= 11 is 1.76. The van der Waals surface area contributed by atoms with Gasteiger partial charge in [0.25, 0.3) is 0 Å². The van der Waals surface area contributed by atoms with Crippen LogP contribution in [0.5, 0.6) is 5.75 Å². The lowest BCUT2D eigenvalue weighted by molar-refractivity contribution is -0.275. The molecule has 6 atom stereocenters. The molecule has 0 radical (unpaired) electrons. The highest BCUT2D eigenvalue weighted by Crippen LogP contribution is 2.43. The van der Waals surface area contributed by atoms with Crippen LogP contribution in [-0.4, -0.2) is 38.1 Å². The van der Waals surface area contributed by atoms with Crippen LogP contribution in [0.2, 0.25) is 0 Å². The molecular formula is C53H52O6S. The maximum atomic E-state index is 7.32. The van der Waals surface area contributed by atoms with E-state index < -0.39 is 30.5 Å². The minimum absolute atomic E-state index is 0.0478. The Bertz CT molecular complexity index is 2270. The van der Waals surface area contributed by atoms with E-state index in [1.54, 1.807) is 18.4 Å². The number of rotatable bonds is 19. The first kappa shape index (κ1) is 41.4. The molecule has 1 aromatic heterocycles. The summed E-state index contributed by atoms with van der Waals surface area (Å²) in [6, 6.07) is 62.4. The van der Waals surface area contributed by atoms with Crippen molar-refractivity contribution in [2.24, 2.45) is 0 Å². The molecular weight excluding hydrogens is 765 g/mol. The summed E-state index contributed by atoms with van der Waals surface area (Å²) in [6.07, 6.45) is -1.85. The maximum Gasteiger partial charge on any atom is 0.122 e. The third-order valence-electron chi connectivity index (χ3n) is 11.0. The molecule has 8 rings (SSSR count). The third kappa shape index (κ3) is 10.9. The fourth-order valence-electron chi connectivity index (χ4n) is 7.96. The summed E-state index contributed by atoms with van der Waals surface area (Å²) in [4.78, 5) is 1.27. The van der Waals surface area contributed by atoms with Gasteiger partial charge in [0.1, 0.15) is 36.3 Å². The van der Waals surface area contributed by atoms with Crippen LogP contribution in [0.1, 0.15) is 55.8 Å². The van der Waals surface area contributed by atoms with Crippen LogP contribution >= 0.6 is 11.3 Å². The third-order valence-corrected chi connectivity index (χ3v) is 12.0. The highest BCUT2D eigenvalue weighted by Gasteiger charge is 2.49. The Morgan fingerprint density at radius 2 is 1.02 bits per heavy atom. The first-order valence-electron chi connectivity index (χ1n) is 20.7. The molecule has 0 saturated carbocycles. The fraction of sp³-hybridized carbons (Fsp3) is 0.245. The molecule has 60 heavy (non-hydrogen) atoms. The normalized spacial score (nSPS) is 19.4. The van der Waals surface area contributed by atoms with E-state index in [1.165, 1.54) is 10.4 Å². The van der Waals surface area contributed by atoms with Crippen molar-refractivity contribution in [2.75, 3.05) is 13.7 Å². The zero-order chi connectivity index (χ0) is 40.8. The highest BCUT2D eigenvalue weighted by molar-refractivity contribution is 7.10. The molecule has 1 unspecified atom stereocenters. The predicted octanol–water partition coefficient (Wildman–Crippen LogP) is 11.5. The Labute approximate surface area is 358 Å². The summed E-state index contributed by atoms with van der Waals surface area (Å²) in [7, 11) is 1.75. The molecule has 6 nitrogen and oxygen atoms in total. The number of hydrogen-bond donors (Lipinski definition) is 0. The van der Waals surface area contributed by atoms with E-state index in [2.05, 4.69) is 115 Å². The largest absolute Gasteiger partial charge is 0.496 e. The highest BCUT2D eigenvalue weighted by atomic mass is 32.1. The van der Waals surface area contributed by atoms with E-state index in [1.807, 2.05) is 72.8 Å². The lowest BCUT2D eigenvalue weighted by atomic mass is 9.85. The molecule has 0 aliphatic carbocycles. The second kappa shape index (κ2) is 21.2. The molecule has 0 N–H and O–H groups in total. The Kier molecular flexibility index (Phi) is 14.6. The van der Waals surface area contributed by atoms with Gasteiger partial charge in [-0.2, -0.15) is 0 Å². The van der Waals surface area contributed by atoms with Crippen LogP contribution in [0.4, 0.5) is 0 Å². The van der Waals surface area contributed by atoms with Gasteiger partial charge in [-0.05, 0) is 63.4 Å². The zero-order valence-corrected chi connectivity index (χ0v) is 34.8. The van der Waals surface area contributed by atoms with Gasteiger partial charge in [0.2, 0.25) is 0 Å². The van der Waals surface area contributed by atoms with Gasteiger partial charge in [-0.15, -0.1) is 11.3 Å². The summed E-state index contributed by atoms with van der Waals surface area (Å²) in [5, 5.41) is 2.14. The molecule has 0 bridgehead atoms. The molecule has 1 aliphatic rings. The second-order valence-electron chi connectivity index (χ2n) is 15.1. The zero-order valence-electron chi connectivity index (χ0n) is 34.0. The van der Waals surface area contributed by atoms with Gasteiger partial charge >= 0.3 is 0 Å². The molecule has 1 fully saturated rings. The smallest absolute Gasteiger partial charge is 0.122 e. The summed E-state index contributed by atoms with van der Waals surface area (Å²) in [6.45, 7) is 1.84. The molecule has 306 valence electrons. The van der Waals surface area contributed by atoms with Crippen LogP contribution in [-0.2, 0) is 56.5 Å². The van der Waals surface area contributed by atoms with Gasteiger partial charge < -0.3 is 28.4 Å². The summed E-state index contributed by atoms with van der Waals surface area (Å²) in [5.74, 6) is 0.876. The van der Waals surface area contributed by atoms with E-state index in [0.717, 1.165) is 45.6 Å². The number of methoxy groups -OCH3 is 1. The molecule has 7 heteroatoms. The van der Waals surface area contributed by atoms with E-state index in [-0.39, 0.29) is 12.5 Å². The Hall–Kier alpha value is -5.38. The topological polar surface area (TPSA) is 55.4 Å². The van der Waals surface area contributed by atoms with Gasteiger partial charge in [0.15, 0.2) is 0 Å². The van der Waals surface area contributed by atoms with Gasteiger partial charge in [0.05, 0.1) is 40.1 Å². The van der Waals surface area contributed by atoms with Crippen molar-refractivity contribution in [1.82, 2.24) is 0 Å². The monoisotopic (exact) mass is 816 g/mol. The lowest BCUT2D eigenvalue weighted by Gasteiger charge is -2.46. The van der Waals surface area contributed by atoms with Crippen molar-refractivity contribution in [3.8, 4) is 5.75 Å². The number of thiophene rings is 1. The van der Waals surface area contributed by atoms with E-state index >= 15 is 0 Å². The Balaban J connectivity index is 1.21. The van der Waals surface area contributed by atoms with Gasteiger partial charge in [-0.25, -0.2) is 0 Å². The van der Waals surface area contributed by atoms with Gasteiger partial charge in [-0.3, -0.25) is 0 Å². The SMILES string of the molecule is COc1ccc([C@@H]2O[C@H](COCc3ccccc3)[C@@H](OCc3ccccc3)[C@H](OCc3ccccc3)[C@H]2OCc2ccccc2)cc1C(Cc1ccccc1)c1cccs1. The molecule has 0 amide bonds. The molecule has 7 aromatic rings. The van der Waals surface area contributed by atoms with Crippen LogP contribution in [0.3, 0.4) is 0 Å². The maximum absolute atomic E-state index is 7.32. The number of hydrogen-bond acceptors (Lipinski definition) is 7. The first-order valence-corrected chi connectivity index (χ1v) is 21.6. The van der Waals surface area contributed by atoms with Crippen molar-refractivity contribution in [3.63, 3.8) is 0 Å². The second-order valence-corrected chi connectivity index (χ2v) is 16.1. The molecule has 1 aliphatic heterocycles. The van der Waals surface area contributed by atoms with Crippen LogP contribution in [0.25, 0.3) is 0 Å². The Morgan fingerprint density at radius 3 is 1.53 bits per heavy atom. The van der Waals surface area contributed by atoms with Crippen LogP contribution < -0.4 is 4.74 Å². The predicted molar refractivity (Wildman–Crippen MR) is 238 cm³/mol. The summed E-state index contributed by atoms with van der Waals surface area (Å²) in [5.41, 5.74) is 7.59. The van der Waals surface area contributed by atoms with Crippen molar-refractivity contribution >= 4 is 11.3 Å². The van der Waals surface area contributed by atoms with E-state index in [9.17, 15) is 0 Å². The van der Waals surface area contributed by atoms with Crippen molar-refractivity contribution in [2.45, 2.75) is 69.3 Å². The van der Waals surface area contributed by atoms with E-state index in [0.29, 0.717) is 26.4 Å². The average Bonchev–Trinajstić information content (AvgIpc) is 3.86. The van der Waals surface area contributed by atoms with Gasteiger partial charge in [0, 0.05) is 16.4 Å². The number of benzene rings is 6. The van der Waals surface area contributed by atoms with Crippen molar-refractivity contribution in [3.05, 3.63) is 231 Å². The van der Waals surface area contributed by atoms with Crippen molar-refractivity contribution < 1.29 is 28.4 Å². The number of ether oxygens (including phenoxy) is 6. The molecule has 0 spiro atoms. The summed E-state index contributed by atoms with van der Waals surface area (Å²) < 4.78 is 41.0. The van der Waals surface area contributed by atoms with Crippen molar-refractivity contribution in [1.29, 1.82) is 0 Å². The van der Waals surface area contributed by atoms with Crippen LogP contribution in [0, 0.1) is 0 Å². The first-order chi connectivity index (χ1) is 29.7. The molecule has 2 heterocycles. The Morgan fingerprint density at radius 1 is 0.517 bits per heavy atom. The van der Waals surface area contributed by atoms with Gasteiger partial charge in [-0.1, -0.05) is 164 Å². The molecule has 6 aromatic carbocycles. The fourth-order valence-corrected chi connectivity index (χ4v) is 8.81.